The SMILES string of the molecule is COc1cc(Cl)ccc1Cn1c(Nc2ccc(OC(C)C)c(F)c2)nc(=O)n(C(C)C)c1=O. The lowest BCUT2D eigenvalue weighted by Gasteiger charge is -2.18. The number of benzene rings is 2. The summed E-state index contributed by atoms with van der Waals surface area (Å²) in [6, 6.07) is 8.88. The molecule has 1 aromatic heterocycles. The maximum Gasteiger partial charge on any atom is 0.355 e. The van der Waals surface area contributed by atoms with E-state index in [1.54, 1.807) is 52.0 Å². The van der Waals surface area contributed by atoms with Crippen LogP contribution < -0.4 is 26.2 Å². The number of hydrogen-bond acceptors (Lipinski definition) is 6. The molecule has 0 saturated carbocycles. The molecule has 0 spiro atoms. The Bertz CT molecular complexity index is 1270. The van der Waals surface area contributed by atoms with Crippen molar-refractivity contribution in [1.82, 2.24) is 14.1 Å². The Kier molecular flexibility index (Phi) is 7.43. The van der Waals surface area contributed by atoms with Crippen LogP contribution in [0.25, 0.3) is 0 Å². The van der Waals surface area contributed by atoms with Crippen molar-refractivity contribution in [3.05, 3.63) is 73.8 Å². The van der Waals surface area contributed by atoms with E-state index in [2.05, 4.69) is 10.3 Å². The largest absolute Gasteiger partial charge is 0.496 e. The minimum atomic E-state index is -0.711. The Hall–Kier alpha value is -3.33. The number of rotatable bonds is 8. The van der Waals surface area contributed by atoms with Crippen LogP contribution in [0.1, 0.15) is 39.3 Å². The van der Waals surface area contributed by atoms with Gasteiger partial charge in [0, 0.05) is 28.4 Å². The molecule has 0 aliphatic heterocycles. The molecule has 0 amide bonds. The summed E-state index contributed by atoms with van der Waals surface area (Å²) in [6.45, 7) is 7.06. The summed E-state index contributed by atoms with van der Waals surface area (Å²) in [7, 11) is 1.49. The first kappa shape index (κ1) is 24.3. The molecule has 10 heteroatoms. The fourth-order valence-electron chi connectivity index (χ4n) is 3.26. The summed E-state index contributed by atoms with van der Waals surface area (Å²) in [4.78, 5) is 29.9. The van der Waals surface area contributed by atoms with Crippen LogP contribution in [0.15, 0.2) is 46.0 Å². The summed E-state index contributed by atoms with van der Waals surface area (Å²) in [5.74, 6) is -0.0424. The molecule has 0 bridgehead atoms. The van der Waals surface area contributed by atoms with Crippen LogP contribution >= 0.6 is 11.6 Å². The second-order valence-corrected chi connectivity index (χ2v) is 8.38. The molecule has 0 aliphatic rings. The minimum absolute atomic E-state index is 0.0316. The third kappa shape index (κ3) is 5.54. The van der Waals surface area contributed by atoms with Gasteiger partial charge in [-0.15, -0.1) is 0 Å². The average molecular weight is 477 g/mol. The summed E-state index contributed by atoms with van der Waals surface area (Å²) >= 11 is 6.05. The van der Waals surface area contributed by atoms with Gasteiger partial charge in [-0.05, 0) is 52.0 Å². The van der Waals surface area contributed by atoms with Gasteiger partial charge in [-0.25, -0.2) is 18.5 Å². The van der Waals surface area contributed by atoms with E-state index in [1.807, 2.05) is 0 Å². The van der Waals surface area contributed by atoms with Gasteiger partial charge in [-0.3, -0.25) is 4.57 Å². The van der Waals surface area contributed by atoms with Crippen molar-refractivity contribution in [2.24, 2.45) is 0 Å². The van der Waals surface area contributed by atoms with E-state index in [0.717, 1.165) is 4.57 Å². The molecule has 0 unspecified atom stereocenters. The van der Waals surface area contributed by atoms with Gasteiger partial charge in [-0.1, -0.05) is 17.7 Å². The number of halogens is 2. The van der Waals surface area contributed by atoms with E-state index in [9.17, 15) is 14.0 Å². The maximum absolute atomic E-state index is 14.5. The molecule has 8 nitrogen and oxygen atoms in total. The third-order valence-corrected chi connectivity index (χ3v) is 4.98. The van der Waals surface area contributed by atoms with Gasteiger partial charge in [0.25, 0.3) is 0 Å². The minimum Gasteiger partial charge on any atom is -0.496 e. The summed E-state index contributed by atoms with van der Waals surface area (Å²) in [5, 5.41) is 3.36. The van der Waals surface area contributed by atoms with Crippen LogP contribution in [0.2, 0.25) is 5.02 Å². The van der Waals surface area contributed by atoms with E-state index in [0.29, 0.717) is 22.0 Å². The zero-order valence-corrected chi connectivity index (χ0v) is 19.8. The topological polar surface area (TPSA) is 87.4 Å². The molecule has 33 heavy (non-hydrogen) atoms. The molecular formula is C23H26ClFN4O4. The Morgan fingerprint density at radius 3 is 2.42 bits per heavy atom. The van der Waals surface area contributed by atoms with Crippen LogP contribution in [-0.2, 0) is 6.54 Å². The highest BCUT2D eigenvalue weighted by atomic mass is 35.5. The Morgan fingerprint density at radius 2 is 1.82 bits per heavy atom. The van der Waals surface area contributed by atoms with Gasteiger partial charge in [0.2, 0.25) is 5.95 Å². The Morgan fingerprint density at radius 1 is 1.09 bits per heavy atom. The Labute approximate surface area is 195 Å². The number of aromatic nitrogens is 3. The van der Waals surface area contributed by atoms with Gasteiger partial charge < -0.3 is 14.8 Å². The molecule has 1 heterocycles. The zero-order valence-electron chi connectivity index (χ0n) is 19.1. The predicted molar refractivity (Wildman–Crippen MR) is 126 cm³/mol. The number of hydrogen-bond donors (Lipinski definition) is 1. The van der Waals surface area contributed by atoms with Crippen molar-refractivity contribution in [2.45, 2.75) is 46.4 Å². The third-order valence-electron chi connectivity index (χ3n) is 4.74. The molecule has 1 N–H and O–H groups in total. The number of nitrogens with one attached hydrogen (secondary N) is 1. The quantitative estimate of drug-likeness (QED) is 0.519. The fourth-order valence-corrected chi connectivity index (χ4v) is 3.43. The highest BCUT2D eigenvalue weighted by molar-refractivity contribution is 6.30. The first-order chi connectivity index (χ1) is 15.6. The van der Waals surface area contributed by atoms with Crippen molar-refractivity contribution in [3.8, 4) is 11.5 Å². The smallest absolute Gasteiger partial charge is 0.355 e. The molecule has 0 atom stereocenters. The first-order valence-electron chi connectivity index (χ1n) is 10.4. The van der Waals surface area contributed by atoms with Crippen LogP contribution in [0.4, 0.5) is 16.0 Å². The number of anilines is 2. The van der Waals surface area contributed by atoms with Gasteiger partial charge in [0.15, 0.2) is 11.6 Å². The van der Waals surface area contributed by atoms with Gasteiger partial charge in [0.1, 0.15) is 5.75 Å². The van der Waals surface area contributed by atoms with Gasteiger partial charge >= 0.3 is 11.4 Å². The van der Waals surface area contributed by atoms with Crippen LogP contribution in [0.5, 0.6) is 11.5 Å². The molecule has 0 radical (unpaired) electrons. The lowest BCUT2D eigenvalue weighted by Crippen LogP contribution is -2.43. The first-order valence-corrected chi connectivity index (χ1v) is 10.8. The number of ether oxygens (including phenoxy) is 2. The normalized spacial score (nSPS) is 11.2. The average Bonchev–Trinajstić information content (AvgIpc) is 2.73. The van der Waals surface area contributed by atoms with Crippen molar-refractivity contribution in [3.63, 3.8) is 0 Å². The fraction of sp³-hybridized carbons (Fsp3) is 0.348. The molecule has 2 aromatic carbocycles. The molecular weight excluding hydrogens is 451 g/mol. The van der Waals surface area contributed by atoms with Crippen molar-refractivity contribution in [2.75, 3.05) is 12.4 Å². The van der Waals surface area contributed by atoms with Gasteiger partial charge in [0.05, 0.1) is 19.8 Å². The standard InChI is InChI=1S/C23H26ClFN4O4/c1-13(2)29-22(30)27-21(26-17-8-9-19(18(25)11-17)33-14(3)4)28(23(29)31)12-15-6-7-16(24)10-20(15)32-5/h6-11,13-14H,12H2,1-5H3,(H,26,27,30). The monoisotopic (exact) mass is 476 g/mol. The zero-order chi connectivity index (χ0) is 24.3. The maximum atomic E-state index is 14.5. The summed E-state index contributed by atoms with van der Waals surface area (Å²) in [5.41, 5.74) is -0.328. The number of methoxy groups -OCH3 is 1. The second kappa shape index (κ2) is 10.1. The summed E-state index contributed by atoms with van der Waals surface area (Å²) < 4.78 is 27.6. The van der Waals surface area contributed by atoms with E-state index < -0.39 is 23.2 Å². The molecule has 0 fully saturated rings. The molecule has 0 aliphatic carbocycles. The molecule has 0 saturated heterocycles. The van der Waals surface area contributed by atoms with Gasteiger partial charge in [-0.2, -0.15) is 4.98 Å². The van der Waals surface area contributed by atoms with Crippen LogP contribution in [0, 0.1) is 5.82 Å². The lowest BCUT2D eigenvalue weighted by molar-refractivity contribution is 0.231. The van der Waals surface area contributed by atoms with E-state index in [-0.39, 0.29) is 24.3 Å². The Balaban J connectivity index is 2.09. The lowest BCUT2D eigenvalue weighted by atomic mass is 10.2. The van der Waals surface area contributed by atoms with Crippen molar-refractivity contribution < 1.29 is 13.9 Å². The van der Waals surface area contributed by atoms with E-state index >= 15 is 0 Å². The van der Waals surface area contributed by atoms with E-state index in [1.165, 1.54) is 23.8 Å². The van der Waals surface area contributed by atoms with Crippen molar-refractivity contribution in [1.29, 1.82) is 0 Å². The highest BCUT2D eigenvalue weighted by Crippen LogP contribution is 2.26. The van der Waals surface area contributed by atoms with Crippen molar-refractivity contribution >= 4 is 23.2 Å². The molecule has 3 rings (SSSR count). The van der Waals surface area contributed by atoms with Crippen LogP contribution in [-0.4, -0.2) is 27.3 Å². The highest BCUT2D eigenvalue weighted by Gasteiger charge is 2.18. The number of nitrogens with zero attached hydrogens (tertiary/aromatic N) is 3. The second-order valence-electron chi connectivity index (χ2n) is 7.94. The predicted octanol–water partition coefficient (Wildman–Crippen LogP) is 4.37. The van der Waals surface area contributed by atoms with E-state index in [4.69, 9.17) is 21.1 Å². The van der Waals surface area contributed by atoms with Crippen LogP contribution in [0.3, 0.4) is 0 Å². The molecule has 176 valence electrons. The summed E-state index contributed by atoms with van der Waals surface area (Å²) in [6.07, 6.45) is -0.192. The molecule has 3 aromatic rings.